The van der Waals surface area contributed by atoms with Crippen LogP contribution in [0.5, 0.6) is 5.75 Å². The van der Waals surface area contributed by atoms with E-state index in [1.165, 1.54) is 0 Å². The molecule has 1 aliphatic rings. The van der Waals surface area contributed by atoms with E-state index in [0.29, 0.717) is 42.7 Å². The number of nitrogens with zero attached hydrogens (tertiary/aromatic N) is 3. The van der Waals surface area contributed by atoms with Gasteiger partial charge in [-0.15, -0.1) is 10.2 Å². The molecule has 2 heterocycles. The topological polar surface area (TPSA) is 97.6 Å². The molecule has 0 atom stereocenters. The molecular formula is C19H28N4O4S. The van der Waals surface area contributed by atoms with Crippen molar-refractivity contribution in [2.45, 2.75) is 64.0 Å². The van der Waals surface area contributed by atoms with Gasteiger partial charge in [-0.2, -0.15) is 4.31 Å². The molecule has 0 aliphatic carbocycles. The first kappa shape index (κ1) is 20.6. The number of anilines is 1. The Balaban J connectivity index is 1.85. The number of hydrogen-bond donors (Lipinski definition) is 1. The summed E-state index contributed by atoms with van der Waals surface area (Å²) in [5.41, 5.74) is 0.586. The maximum Gasteiger partial charge on any atom is 0.243 e. The highest BCUT2D eigenvalue weighted by atomic mass is 32.2. The molecule has 1 saturated heterocycles. The summed E-state index contributed by atoms with van der Waals surface area (Å²) in [4.78, 5) is 0.257. The molecule has 9 heteroatoms. The van der Waals surface area contributed by atoms with Crippen LogP contribution >= 0.6 is 0 Å². The Bertz CT molecular complexity index is 889. The summed E-state index contributed by atoms with van der Waals surface area (Å²) in [6.07, 6.45) is 3.49. The van der Waals surface area contributed by atoms with Crippen LogP contribution in [0.2, 0.25) is 0 Å². The lowest BCUT2D eigenvalue weighted by molar-refractivity contribution is 0.243. The fraction of sp³-hybridized carbons (Fsp3) is 0.579. The summed E-state index contributed by atoms with van der Waals surface area (Å²) < 4.78 is 38.9. The summed E-state index contributed by atoms with van der Waals surface area (Å²) in [7, 11) is -3.53. The Hall–Kier alpha value is -2.13. The molecule has 0 bridgehead atoms. The van der Waals surface area contributed by atoms with Gasteiger partial charge in [0.1, 0.15) is 5.75 Å². The zero-order chi connectivity index (χ0) is 20.1. The summed E-state index contributed by atoms with van der Waals surface area (Å²) >= 11 is 0. The molecule has 1 aromatic heterocycles. The van der Waals surface area contributed by atoms with Crippen molar-refractivity contribution < 1.29 is 17.6 Å². The number of rotatable bonds is 8. The molecule has 0 radical (unpaired) electrons. The van der Waals surface area contributed by atoms with Crippen LogP contribution in [0.15, 0.2) is 27.5 Å². The van der Waals surface area contributed by atoms with Crippen molar-refractivity contribution >= 4 is 15.7 Å². The Morgan fingerprint density at radius 3 is 2.54 bits per heavy atom. The first-order valence-corrected chi connectivity index (χ1v) is 11.2. The highest BCUT2D eigenvalue weighted by Gasteiger charge is 2.27. The monoisotopic (exact) mass is 408 g/mol. The Labute approximate surface area is 166 Å². The third-order valence-electron chi connectivity index (χ3n) is 4.51. The number of ether oxygens (including phenoxy) is 1. The minimum atomic E-state index is -3.53. The van der Waals surface area contributed by atoms with Crippen LogP contribution in [0.4, 0.5) is 5.69 Å². The Morgan fingerprint density at radius 1 is 1.18 bits per heavy atom. The average molecular weight is 409 g/mol. The van der Waals surface area contributed by atoms with Crippen molar-refractivity contribution in [3.8, 4) is 5.75 Å². The summed E-state index contributed by atoms with van der Waals surface area (Å²) in [5.74, 6) is 1.59. The largest absolute Gasteiger partial charge is 0.489 e. The first-order chi connectivity index (χ1) is 13.4. The number of benzene rings is 1. The van der Waals surface area contributed by atoms with E-state index in [4.69, 9.17) is 9.15 Å². The van der Waals surface area contributed by atoms with Crippen LogP contribution in [0.1, 0.15) is 51.8 Å². The lowest BCUT2D eigenvalue weighted by Crippen LogP contribution is -2.35. The summed E-state index contributed by atoms with van der Waals surface area (Å²) in [6, 6.07) is 4.93. The average Bonchev–Trinajstić information content (AvgIpc) is 3.15. The second kappa shape index (κ2) is 8.91. The molecule has 2 aromatic rings. The van der Waals surface area contributed by atoms with Gasteiger partial charge in [-0.05, 0) is 44.9 Å². The van der Waals surface area contributed by atoms with E-state index in [0.717, 1.165) is 19.3 Å². The van der Waals surface area contributed by atoms with Crippen LogP contribution in [0.25, 0.3) is 0 Å². The molecule has 0 spiro atoms. The number of aryl methyl sites for hydroxylation is 1. The van der Waals surface area contributed by atoms with E-state index >= 15 is 0 Å². The van der Waals surface area contributed by atoms with Crippen molar-refractivity contribution in [3.05, 3.63) is 30.0 Å². The smallest absolute Gasteiger partial charge is 0.243 e. The minimum Gasteiger partial charge on any atom is -0.489 e. The SMILES string of the molecule is CCc1nnc(CNc2cc(S(=O)(=O)N3CCCCC3)ccc2OC(C)C)o1. The molecule has 28 heavy (non-hydrogen) atoms. The lowest BCUT2D eigenvalue weighted by atomic mass is 10.2. The van der Waals surface area contributed by atoms with E-state index in [9.17, 15) is 8.42 Å². The van der Waals surface area contributed by atoms with Gasteiger partial charge in [0.2, 0.25) is 21.8 Å². The quantitative estimate of drug-likeness (QED) is 0.716. The number of piperidine rings is 1. The highest BCUT2D eigenvalue weighted by molar-refractivity contribution is 7.89. The van der Waals surface area contributed by atoms with Gasteiger partial charge in [-0.3, -0.25) is 0 Å². The van der Waals surface area contributed by atoms with Crippen molar-refractivity contribution in [1.82, 2.24) is 14.5 Å². The van der Waals surface area contributed by atoms with Crippen LogP contribution in [-0.4, -0.2) is 42.1 Å². The molecule has 1 aliphatic heterocycles. The van der Waals surface area contributed by atoms with E-state index < -0.39 is 10.0 Å². The van der Waals surface area contributed by atoms with Gasteiger partial charge in [0, 0.05) is 19.5 Å². The third-order valence-corrected chi connectivity index (χ3v) is 6.40. The summed E-state index contributed by atoms with van der Waals surface area (Å²) in [6.45, 7) is 7.21. The predicted octanol–water partition coefficient (Wildman–Crippen LogP) is 3.21. The number of hydrogen-bond acceptors (Lipinski definition) is 7. The molecular weight excluding hydrogens is 380 g/mol. The molecule has 0 unspecified atom stereocenters. The van der Waals surface area contributed by atoms with Crippen LogP contribution in [0, 0.1) is 0 Å². The zero-order valence-corrected chi connectivity index (χ0v) is 17.5. The number of sulfonamides is 1. The fourth-order valence-corrected chi connectivity index (χ4v) is 4.64. The van der Waals surface area contributed by atoms with Crippen LogP contribution < -0.4 is 10.1 Å². The summed E-state index contributed by atoms with van der Waals surface area (Å²) in [5, 5.41) is 11.1. The van der Waals surface area contributed by atoms with E-state index in [1.807, 2.05) is 20.8 Å². The van der Waals surface area contributed by atoms with Gasteiger partial charge in [-0.1, -0.05) is 13.3 Å². The maximum absolute atomic E-state index is 13.0. The molecule has 8 nitrogen and oxygen atoms in total. The van der Waals surface area contributed by atoms with Crippen molar-refractivity contribution in [2.75, 3.05) is 18.4 Å². The second-order valence-corrected chi connectivity index (χ2v) is 9.02. The van der Waals surface area contributed by atoms with Gasteiger partial charge in [0.25, 0.3) is 0 Å². The molecule has 1 N–H and O–H groups in total. The molecule has 1 fully saturated rings. The van der Waals surface area contributed by atoms with Gasteiger partial charge in [-0.25, -0.2) is 8.42 Å². The Kier molecular flexibility index (Phi) is 6.56. The van der Waals surface area contributed by atoms with E-state index in [-0.39, 0.29) is 17.5 Å². The Morgan fingerprint density at radius 2 is 1.89 bits per heavy atom. The van der Waals surface area contributed by atoms with Gasteiger partial charge >= 0.3 is 0 Å². The molecule has 0 saturated carbocycles. The second-order valence-electron chi connectivity index (χ2n) is 7.09. The molecule has 1 aromatic carbocycles. The van der Waals surface area contributed by atoms with Gasteiger partial charge < -0.3 is 14.5 Å². The normalized spacial score (nSPS) is 15.7. The highest BCUT2D eigenvalue weighted by Crippen LogP contribution is 2.31. The molecule has 3 rings (SSSR count). The number of nitrogens with one attached hydrogen (secondary N) is 1. The van der Waals surface area contributed by atoms with Crippen LogP contribution in [0.3, 0.4) is 0 Å². The van der Waals surface area contributed by atoms with Crippen molar-refractivity contribution in [2.24, 2.45) is 0 Å². The van der Waals surface area contributed by atoms with Crippen LogP contribution in [-0.2, 0) is 23.0 Å². The third kappa shape index (κ3) is 4.82. The van der Waals surface area contributed by atoms with Crippen molar-refractivity contribution in [1.29, 1.82) is 0 Å². The zero-order valence-electron chi connectivity index (χ0n) is 16.6. The molecule has 154 valence electrons. The molecule has 0 amide bonds. The predicted molar refractivity (Wildman–Crippen MR) is 106 cm³/mol. The number of aromatic nitrogens is 2. The van der Waals surface area contributed by atoms with Gasteiger partial charge in [0.05, 0.1) is 23.2 Å². The van der Waals surface area contributed by atoms with Crippen molar-refractivity contribution in [3.63, 3.8) is 0 Å². The standard InChI is InChI=1S/C19H28N4O4S/c1-4-18-21-22-19(27-18)13-20-16-12-15(8-9-17(16)26-14(2)3)28(24,25)23-10-6-5-7-11-23/h8-9,12,14,20H,4-7,10-11,13H2,1-3H3. The lowest BCUT2D eigenvalue weighted by Gasteiger charge is -2.26. The maximum atomic E-state index is 13.0. The van der Waals surface area contributed by atoms with E-state index in [2.05, 4.69) is 15.5 Å². The van der Waals surface area contributed by atoms with E-state index in [1.54, 1.807) is 22.5 Å². The fourth-order valence-electron chi connectivity index (χ4n) is 3.09. The first-order valence-electron chi connectivity index (χ1n) is 9.76. The van der Waals surface area contributed by atoms with Gasteiger partial charge in [0.15, 0.2) is 0 Å². The minimum absolute atomic E-state index is 0.0415.